The molecule has 0 saturated heterocycles. The van der Waals surface area contributed by atoms with Crippen LogP contribution in [-0.2, 0) is 4.79 Å². The average Bonchev–Trinajstić information content (AvgIpc) is 3.09. The van der Waals surface area contributed by atoms with Crippen LogP contribution in [0, 0.1) is 25.5 Å². The standard InChI is InChI=1S/C19H17F2N3O2S/c1-10-7-8-13(9-11(10)2)18-23-24-19(26-18)27-12(3)17(25)22-16-14(20)5-4-6-15(16)21/h4-9,12H,1-3H3,(H,22,25)/t12-/m0/s1. The van der Waals surface area contributed by atoms with Gasteiger partial charge in [-0.3, -0.25) is 4.79 Å². The first-order chi connectivity index (χ1) is 12.8. The maximum Gasteiger partial charge on any atom is 0.277 e. The first-order valence-corrected chi connectivity index (χ1v) is 9.06. The Labute approximate surface area is 159 Å². The zero-order valence-electron chi connectivity index (χ0n) is 14.9. The van der Waals surface area contributed by atoms with Gasteiger partial charge < -0.3 is 9.73 Å². The van der Waals surface area contributed by atoms with Crippen LogP contribution in [0.2, 0.25) is 0 Å². The van der Waals surface area contributed by atoms with Crippen LogP contribution in [-0.4, -0.2) is 21.4 Å². The summed E-state index contributed by atoms with van der Waals surface area (Å²) in [6, 6.07) is 9.15. The molecular weight excluding hydrogens is 372 g/mol. The molecule has 1 heterocycles. The molecule has 0 bridgehead atoms. The number of para-hydroxylation sites is 1. The number of benzene rings is 2. The fourth-order valence-electron chi connectivity index (χ4n) is 2.30. The van der Waals surface area contributed by atoms with E-state index >= 15 is 0 Å². The fraction of sp³-hybridized carbons (Fsp3) is 0.211. The topological polar surface area (TPSA) is 68.0 Å². The number of hydrogen-bond acceptors (Lipinski definition) is 5. The van der Waals surface area contributed by atoms with Crippen molar-refractivity contribution in [3.05, 3.63) is 59.2 Å². The van der Waals surface area contributed by atoms with Crippen molar-refractivity contribution in [1.29, 1.82) is 0 Å². The summed E-state index contributed by atoms with van der Waals surface area (Å²) in [7, 11) is 0. The smallest absolute Gasteiger partial charge is 0.277 e. The van der Waals surface area contributed by atoms with Crippen LogP contribution in [0.1, 0.15) is 18.1 Å². The van der Waals surface area contributed by atoms with Gasteiger partial charge in [-0.1, -0.05) is 23.9 Å². The molecule has 0 aliphatic rings. The molecule has 1 N–H and O–H groups in total. The van der Waals surface area contributed by atoms with Crippen LogP contribution < -0.4 is 5.32 Å². The molecule has 5 nitrogen and oxygen atoms in total. The van der Waals surface area contributed by atoms with Crippen molar-refractivity contribution in [1.82, 2.24) is 10.2 Å². The normalized spacial score (nSPS) is 12.0. The highest BCUT2D eigenvalue weighted by molar-refractivity contribution is 8.00. The zero-order chi connectivity index (χ0) is 19.6. The van der Waals surface area contributed by atoms with E-state index in [0.29, 0.717) is 5.89 Å². The van der Waals surface area contributed by atoms with E-state index in [0.717, 1.165) is 40.6 Å². The lowest BCUT2D eigenvalue weighted by Gasteiger charge is -2.11. The van der Waals surface area contributed by atoms with Crippen molar-refractivity contribution < 1.29 is 18.0 Å². The number of aromatic nitrogens is 2. The predicted octanol–water partition coefficient (Wildman–Crippen LogP) is 4.75. The van der Waals surface area contributed by atoms with E-state index < -0.39 is 28.5 Å². The number of rotatable bonds is 5. The summed E-state index contributed by atoms with van der Waals surface area (Å²) in [4.78, 5) is 12.2. The Kier molecular flexibility index (Phi) is 5.55. The summed E-state index contributed by atoms with van der Waals surface area (Å²) in [5.41, 5.74) is 2.55. The quantitative estimate of drug-likeness (QED) is 0.638. The number of aryl methyl sites for hydroxylation is 2. The molecule has 140 valence electrons. The summed E-state index contributed by atoms with van der Waals surface area (Å²) in [5.74, 6) is -1.91. The number of nitrogens with zero attached hydrogens (tertiary/aromatic N) is 2. The number of amides is 1. The van der Waals surface area contributed by atoms with Crippen LogP contribution in [0.5, 0.6) is 0 Å². The number of halogens is 2. The molecule has 0 aliphatic carbocycles. The van der Waals surface area contributed by atoms with Gasteiger partial charge in [-0.2, -0.15) is 0 Å². The molecule has 0 aliphatic heterocycles. The van der Waals surface area contributed by atoms with E-state index in [4.69, 9.17) is 4.42 Å². The Morgan fingerprint density at radius 2 is 1.81 bits per heavy atom. The lowest BCUT2D eigenvalue weighted by atomic mass is 10.1. The molecule has 0 unspecified atom stereocenters. The lowest BCUT2D eigenvalue weighted by molar-refractivity contribution is -0.115. The highest BCUT2D eigenvalue weighted by Crippen LogP contribution is 2.28. The minimum atomic E-state index is -0.838. The van der Waals surface area contributed by atoms with E-state index in [1.165, 1.54) is 6.07 Å². The molecule has 1 amide bonds. The largest absolute Gasteiger partial charge is 0.411 e. The van der Waals surface area contributed by atoms with Crippen molar-refractivity contribution in [2.75, 3.05) is 5.32 Å². The minimum absolute atomic E-state index is 0.194. The van der Waals surface area contributed by atoms with Gasteiger partial charge in [-0.15, -0.1) is 10.2 Å². The third-order valence-electron chi connectivity index (χ3n) is 4.02. The molecule has 1 atom stereocenters. The molecule has 0 saturated carbocycles. The molecule has 0 fully saturated rings. The van der Waals surface area contributed by atoms with Gasteiger partial charge in [0, 0.05) is 5.56 Å². The first-order valence-electron chi connectivity index (χ1n) is 8.18. The van der Waals surface area contributed by atoms with Crippen molar-refractivity contribution in [3.8, 4) is 11.5 Å². The van der Waals surface area contributed by atoms with E-state index in [2.05, 4.69) is 15.5 Å². The summed E-state index contributed by atoms with van der Waals surface area (Å²) in [5, 5.41) is 9.67. The van der Waals surface area contributed by atoms with E-state index in [9.17, 15) is 13.6 Å². The van der Waals surface area contributed by atoms with Crippen LogP contribution in [0.3, 0.4) is 0 Å². The number of thioether (sulfide) groups is 1. The molecule has 8 heteroatoms. The highest BCUT2D eigenvalue weighted by Gasteiger charge is 2.21. The van der Waals surface area contributed by atoms with Crippen LogP contribution in [0.15, 0.2) is 46.0 Å². The van der Waals surface area contributed by atoms with Gasteiger partial charge in [0.25, 0.3) is 5.22 Å². The van der Waals surface area contributed by atoms with Gasteiger partial charge in [0.2, 0.25) is 11.8 Å². The molecule has 0 spiro atoms. The third kappa shape index (κ3) is 4.33. The maximum absolute atomic E-state index is 13.7. The summed E-state index contributed by atoms with van der Waals surface area (Å²) in [6.45, 7) is 5.57. The van der Waals surface area contributed by atoms with Gasteiger partial charge in [0.05, 0.1) is 5.25 Å². The molecule has 2 aromatic carbocycles. The lowest BCUT2D eigenvalue weighted by Crippen LogP contribution is -2.23. The molecule has 3 aromatic rings. The van der Waals surface area contributed by atoms with E-state index in [-0.39, 0.29) is 5.22 Å². The van der Waals surface area contributed by atoms with Gasteiger partial charge in [-0.25, -0.2) is 8.78 Å². The van der Waals surface area contributed by atoms with E-state index in [1.807, 2.05) is 32.0 Å². The predicted molar refractivity (Wildman–Crippen MR) is 99.5 cm³/mol. The highest BCUT2D eigenvalue weighted by atomic mass is 32.2. The van der Waals surface area contributed by atoms with Crippen LogP contribution >= 0.6 is 11.8 Å². The summed E-state index contributed by atoms with van der Waals surface area (Å²) >= 11 is 1.01. The number of hydrogen-bond donors (Lipinski definition) is 1. The number of nitrogens with one attached hydrogen (secondary N) is 1. The van der Waals surface area contributed by atoms with Gasteiger partial charge in [-0.05, 0) is 56.2 Å². The van der Waals surface area contributed by atoms with Crippen molar-refractivity contribution >= 4 is 23.4 Å². The molecule has 1 aromatic heterocycles. The zero-order valence-corrected chi connectivity index (χ0v) is 15.7. The number of anilines is 1. The van der Waals surface area contributed by atoms with Crippen molar-refractivity contribution in [2.45, 2.75) is 31.2 Å². The first kappa shape index (κ1) is 19.0. The second kappa shape index (κ2) is 7.87. The SMILES string of the molecule is Cc1ccc(-c2nnc(S[C@@H](C)C(=O)Nc3c(F)cccc3F)o2)cc1C. The Bertz CT molecular complexity index is 971. The number of carbonyl (C=O) groups is 1. The molecule has 0 radical (unpaired) electrons. The summed E-state index contributed by atoms with van der Waals surface area (Å²) in [6.07, 6.45) is 0. The van der Waals surface area contributed by atoms with Gasteiger partial charge >= 0.3 is 0 Å². The second-order valence-corrected chi connectivity index (χ2v) is 7.31. The monoisotopic (exact) mass is 389 g/mol. The third-order valence-corrected chi connectivity index (χ3v) is 4.95. The Morgan fingerprint density at radius 3 is 2.48 bits per heavy atom. The van der Waals surface area contributed by atoms with Crippen molar-refractivity contribution in [2.24, 2.45) is 0 Å². The average molecular weight is 389 g/mol. The fourth-order valence-corrected chi connectivity index (χ4v) is 2.98. The number of carbonyl (C=O) groups excluding carboxylic acids is 1. The van der Waals surface area contributed by atoms with Crippen molar-refractivity contribution in [3.63, 3.8) is 0 Å². The summed E-state index contributed by atoms with van der Waals surface area (Å²) < 4.78 is 32.9. The molecular formula is C19H17F2N3O2S. The maximum atomic E-state index is 13.7. The van der Waals surface area contributed by atoms with Crippen LogP contribution in [0.25, 0.3) is 11.5 Å². The Morgan fingerprint density at radius 1 is 1.11 bits per heavy atom. The van der Waals surface area contributed by atoms with Gasteiger partial charge in [0.1, 0.15) is 17.3 Å². The molecule has 3 rings (SSSR count). The van der Waals surface area contributed by atoms with Crippen LogP contribution in [0.4, 0.5) is 14.5 Å². The minimum Gasteiger partial charge on any atom is -0.411 e. The van der Waals surface area contributed by atoms with E-state index in [1.54, 1.807) is 6.92 Å². The second-order valence-electron chi connectivity index (χ2n) is 6.02. The van der Waals surface area contributed by atoms with Gasteiger partial charge in [0.15, 0.2) is 0 Å². The Balaban J connectivity index is 1.69. The molecule has 27 heavy (non-hydrogen) atoms. The Hall–Kier alpha value is -2.74.